The van der Waals surface area contributed by atoms with Crippen LogP contribution in [0.4, 0.5) is 0 Å². The topological polar surface area (TPSA) is 38.7 Å². The maximum absolute atomic E-state index is 12.3. The number of nitrogens with zero attached hydrogens (tertiary/aromatic N) is 1. The van der Waals surface area contributed by atoms with Crippen molar-refractivity contribution in [3.63, 3.8) is 0 Å². The zero-order chi connectivity index (χ0) is 24.5. The van der Waals surface area contributed by atoms with Gasteiger partial charge in [0.25, 0.3) is 0 Å². The molecule has 0 aromatic rings. The van der Waals surface area contributed by atoms with Gasteiger partial charge >= 0.3 is 0 Å². The van der Waals surface area contributed by atoms with E-state index < -0.39 is 0 Å². The maximum Gasteiger partial charge on any atom is 0.180 e. The summed E-state index contributed by atoms with van der Waals surface area (Å²) >= 11 is 0. The van der Waals surface area contributed by atoms with Gasteiger partial charge in [-0.25, -0.2) is 0 Å². The van der Waals surface area contributed by atoms with Crippen LogP contribution in [-0.4, -0.2) is 17.6 Å². The van der Waals surface area contributed by atoms with Crippen molar-refractivity contribution in [2.45, 2.75) is 187 Å². The number of ketones is 1. The number of hydrogen-bond donors (Lipinski definition) is 0. The van der Waals surface area contributed by atoms with E-state index in [-0.39, 0.29) is 11.9 Å². The summed E-state index contributed by atoms with van der Waals surface area (Å²) in [5, 5.41) is 4.12. The van der Waals surface area contributed by atoms with Gasteiger partial charge in [0.15, 0.2) is 5.78 Å². The average molecular weight is 478 g/mol. The molecule has 0 saturated heterocycles. The van der Waals surface area contributed by atoms with E-state index in [9.17, 15) is 4.79 Å². The summed E-state index contributed by atoms with van der Waals surface area (Å²) in [4.78, 5) is 17.9. The molecule has 3 heteroatoms. The lowest BCUT2D eigenvalue weighted by atomic mass is 10.00. The van der Waals surface area contributed by atoms with Crippen LogP contribution in [0.5, 0.6) is 0 Å². The number of unbranched alkanes of at least 4 members (excludes halogenated alkanes) is 21. The Labute approximate surface area is 213 Å². The Balaban J connectivity index is 1.82. The lowest BCUT2D eigenvalue weighted by Crippen LogP contribution is -2.15. The van der Waals surface area contributed by atoms with Crippen molar-refractivity contribution >= 4 is 11.5 Å². The Kier molecular flexibility index (Phi) is 21.9. The zero-order valence-corrected chi connectivity index (χ0v) is 23.2. The standard InChI is InChI=1S/C31H59NO2/c1-3-5-7-9-11-12-13-14-15-16-17-18-19-21-22-24-26-29-28-30(32-34-29)31(33)27-25-23-20-10-8-6-4-2/h29H,3-28H2,1-2H3. The molecular formula is C31H59NO2. The van der Waals surface area contributed by atoms with Crippen LogP contribution in [0, 0.1) is 0 Å². The summed E-state index contributed by atoms with van der Waals surface area (Å²) in [5.41, 5.74) is 0.701. The molecule has 1 atom stereocenters. The minimum Gasteiger partial charge on any atom is -0.392 e. The van der Waals surface area contributed by atoms with Gasteiger partial charge in [-0.1, -0.05) is 154 Å². The summed E-state index contributed by atoms with van der Waals surface area (Å²) in [6, 6.07) is 0. The van der Waals surface area contributed by atoms with Gasteiger partial charge in [0, 0.05) is 12.8 Å². The first-order valence-electron chi connectivity index (χ1n) is 15.5. The highest BCUT2D eigenvalue weighted by molar-refractivity contribution is 6.40. The summed E-state index contributed by atoms with van der Waals surface area (Å²) in [6.45, 7) is 4.54. The molecule has 0 aromatic heterocycles. The average Bonchev–Trinajstić information content (AvgIpc) is 3.32. The molecule has 0 saturated carbocycles. The van der Waals surface area contributed by atoms with Gasteiger partial charge in [0.05, 0.1) is 0 Å². The molecule has 3 nitrogen and oxygen atoms in total. The van der Waals surface area contributed by atoms with Crippen molar-refractivity contribution in [1.29, 1.82) is 0 Å². The highest BCUT2D eigenvalue weighted by Gasteiger charge is 2.25. The number of rotatable bonds is 26. The van der Waals surface area contributed by atoms with Gasteiger partial charge in [-0.2, -0.15) is 0 Å². The quantitative estimate of drug-likeness (QED) is 0.116. The van der Waals surface area contributed by atoms with Gasteiger partial charge in [-0.05, 0) is 19.3 Å². The summed E-state index contributed by atoms with van der Waals surface area (Å²) in [6.07, 6.45) is 33.7. The molecule has 1 rings (SSSR count). The van der Waals surface area contributed by atoms with Crippen LogP contribution in [0.3, 0.4) is 0 Å². The van der Waals surface area contributed by atoms with E-state index in [1.165, 1.54) is 141 Å². The smallest absolute Gasteiger partial charge is 0.180 e. The van der Waals surface area contributed by atoms with E-state index in [1.807, 2.05) is 0 Å². The lowest BCUT2D eigenvalue weighted by Gasteiger charge is -2.07. The van der Waals surface area contributed by atoms with Crippen LogP contribution in [0.1, 0.15) is 181 Å². The third-order valence-electron chi connectivity index (χ3n) is 7.44. The number of hydrogen-bond acceptors (Lipinski definition) is 3. The fourth-order valence-electron chi connectivity index (χ4n) is 5.05. The molecule has 0 aliphatic carbocycles. The van der Waals surface area contributed by atoms with Crippen molar-refractivity contribution in [1.82, 2.24) is 0 Å². The number of carbonyl (C=O) groups excluding carboxylic acids is 1. The van der Waals surface area contributed by atoms with E-state index in [0.29, 0.717) is 12.1 Å². The molecule has 34 heavy (non-hydrogen) atoms. The molecule has 0 bridgehead atoms. The largest absolute Gasteiger partial charge is 0.392 e. The second-order valence-electron chi connectivity index (χ2n) is 10.9. The number of carbonyl (C=O) groups is 1. The van der Waals surface area contributed by atoms with Crippen LogP contribution in [-0.2, 0) is 9.63 Å². The SMILES string of the molecule is CCCCCCCCCCCCCCCCCCC1CC(C(=O)CCCCCCCCC)=NO1. The second kappa shape index (κ2) is 23.9. The molecule has 1 aliphatic rings. The van der Waals surface area contributed by atoms with Gasteiger partial charge < -0.3 is 4.84 Å². The van der Waals surface area contributed by atoms with Gasteiger partial charge in [-0.15, -0.1) is 0 Å². The van der Waals surface area contributed by atoms with E-state index in [2.05, 4.69) is 19.0 Å². The van der Waals surface area contributed by atoms with Gasteiger partial charge in [-0.3, -0.25) is 4.79 Å². The first-order valence-corrected chi connectivity index (χ1v) is 15.5. The monoisotopic (exact) mass is 477 g/mol. The predicted octanol–water partition coefficient (Wildman–Crippen LogP) is 10.5. The first-order chi connectivity index (χ1) is 16.8. The second-order valence-corrected chi connectivity index (χ2v) is 10.9. The molecule has 0 N–H and O–H groups in total. The van der Waals surface area contributed by atoms with Gasteiger partial charge in [0.2, 0.25) is 0 Å². The number of Topliss-reactive ketones (excluding diaryl/α,β-unsaturated/α-hetero) is 1. The third kappa shape index (κ3) is 18.5. The van der Waals surface area contributed by atoms with Crippen molar-refractivity contribution in [2.75, 3.05) is 0 Å². The summed E-state index contributed by atoms with van der Waals surface area (Å²) in [5.74, 6) is 0.225. The third-order valence-corrected chi connectivity index (χ3v) is 7.44. The van der Waals surface area contributed by atoms with Crippen molar-refractivity contribution in [3.05, 3.63) is 0 Å². The van der Waals surface area contributed by atoms with Crippen molar-refractivity contribution < 1.29 is 9.63 Å². The van der Waals surface area contributed by atoms with Crippen LogP contribution in [0.25, 0.3) is 0 Å². The molecule has 1 heterocycles. The van der Waals surface area contributed by atoms with Crippen LogP contribution in [0.15, 0.2) is 5.16 Å². The fourth-order valence-corrected chi connectivity index (χ4v) is 5.05. The summed E-state index contributed by atoms with van der Waals surface area (Å²) < 4.78 is 0. The molecule has 1 aliphatic heterocycles. The van der Waals surface area contributed by atoms with Crippen molar-refractivity contribution in [2.24, 2.45) is 5.16 Å². The number of oxime groups is 1. The van der Waals surface area contributed by atoms with E-state index in [4.69, 9.17) is 4.84 Å². The normalized spacial score (nSPS) is 15.5. The Bertz CT molecular complexity index is 488. The van der Waals surface area contributed by atoms with E-state index >= 15 is 0 Å². The Morgan fingerprint density at radius 3 is 1.44 bits per heavy atom. The Hall–Kier alpha value is -0.860. The molecule has 0 aromatic carbocycles. The van der Waals surface area contributed by atoms with Crippen LogP contribution in [0.2, 0.25) is 0 Å². The van der Waals surface area contributed by atoms with E-state index in [1.54, 1.807) is 0 Å². The molecule has 0 radical (unpaired) electrons. The highest BCUT2D eigenvalue weighted by atomic mass is 16.6. The molecule has 0 amide bonds. The maximum atomic E-state index is 12.3. The molecule has 200 valence electrons. The Morgan fingerprint density at radius 1 is 0.618 bits per heavy atom. The highest BCUT2D eigenvalue weighted by Crippen LogP contribution is 2.20. The molecular weight excluding hydrogens is 418 g/mol. The first kappa shape index (κ1) is 31.2. The van der Waals surface area contributed by atoms with E-state index in [0.717, 1.165) is 19.3 Å². The predicted molar refractivity (Wildman–Crippen MR) is 149 cm³/mol. The van der Waals surface area contributed by atoms with Crippen LogP contribution >= 0.6 is 0 Å². The molecule has 0 fully saturated rings. The Morgan fingerprint density at radius 2 is 1.00 bits per heavy atom. The van der Waals surface area contributed by atoms with Crippen molar-refractivity contribution in [3.8, 4) is 0 Å². The van der Waals surface area contributed by atoms with Gasteiger partial charge in [0.1, 0.15) is 11.8 Å². The zero-order valence-electron chi connectivity index (χ0n) is 23.2. The molecule has 0 spiro atoms. The molecule has 1 unspecified atom stereocenters. The minimum atomic E-state index is 0.152. The summed E-state index contributed by atoms with van der Waals surface area (Å²) in [7, 11) is 0. The minimum absolute atomic E-state index is 0.152. The van der Waals surface area contributed by atoms with Crippen LogP contribution < -0.4 is 0 Å². The fraction of sp³-hybridized carbons (Fsp3) is 0.935. The lowest BCUT2D eigenvalue weighted by molar-refractivity contribution is -0.113.